The maximum atomic E-state index is 6.26. The molecular formula is C15H19BrClN3O. The molecule has 0 spiro atoms. The lowest BCUT2D eigenvalue weighted by Gasteiger charge is -2.22. The maximum absolute atomic E-state index is 6.26. The molecule has 0 saturated heterocycles. The number of rotatable bonds is 5. The zero-order valence-corrected chi connectivity index (χ0v) is 14.6. The van der Waals surface area contributed by atoms with Gasteiger partial charge in [-0.2, -0.15) is 5.10 Å². The van der Waals surface area contributed by atoms with E-state index in [2.05, 4.69) is 21.0 Å². The second-order valence-electron chi connectivity index (χ2n) is 5.12. The first kappa shape index (κ1) is 16.3. The standard InChI is InChI=1S/C15H19BrClN3O/c1-9-15(16)14(20(3)19-9)8-13(18)10(2)21-12-6-4-5-11(17)7-12/h4-7,10,13H,8,18H2,1-3H3. The van der Waals surface area contributed by atoms with Gasteiger partial charge in [0, 0.05) is 24.5 Å². The fourth-order valence-electron chi connectivity index (χ4n) is 2.13. The van der Waals surface area contributed by atoms with E-state index in [0.717, 1.165) is 21.6 Å². The Morgan fingerprint density at radius 3 is 2.76 bits per heavy atom. The predicted octanol–water partition coefficient (Wildman–Crippen LogP) is 3.48. The summed E-state index contributed by atoms with van der Waals surface area (Å²) in [6.45, 7) is 3.92. The van der Waals surface area contributed by atoms with Gasteiger partial charge in [-0.3, -0.25) is 4.68 Å². The van der Waals surface area contributed by atoms with E-state index in [0.29, 0.717) is 11.4 Å². The van der Waals surface area contributed by atoms with Crippen LogP contribution in [0.2, 0.25) is 5.02 Å². The monoisotopic (exact) mass is 371 g/mol. The van der Waals surface area contributed by atoms with Crippen LogP contribution in [-0.2, 0) is 13.5 Å². The van der Waals surface area contributed by atoms with Crippen molar-refractivity contribution >= 4 is 27.5 Å². The summed E-state index contributed by atoms with van der Waals surface area (Å²) in [4.78, 5) is 0. The molecular weight excluding hydrogens is 354 g/mol. The molecule has 114 valence electrons. The molecule has 21 heavy (non-hydrogen) atoms. The molecule has 0 aliphatic rings. The van der Waals surface area contributed by atoms with Gasteiger partial charge in [0.2, 0.25) is 0 Å². The quantitative estimate of drug-likeness (QED) is 0.874. The molecule has 0 saturated carbocycles. The highest BCUT2D eigenvalue weighted by molar-refractivity contribution is 9.10. The van der Waals surface area contributed by atoms with Crippen LogP contribution in [-0.4, -0.2) is 21.9 Å². The van der Waals surface area contributed by atoms with Crippen LogP contribution in [0, 0.1) is 6.92 Å². The molecule has 0 radical (unpaired) electrons. The fraction of sp³-hybridized carbons (Fsp3) is 0.400. The van der Waals surface area contributed by atoms with E-state index in [4.69, 9.17) is 22.1 Å². The molecule has 0 amide bonds. The summed E-state index contributed by atoms with van der Waals surface area (Å²) in [6, 6.07) is 7.19. The zero-order chi connectivity index (χ0) is 15.6. The van der Waals surface area contributed by atoms with Gasteiger partial charge in [-0.25, -0.2) is 0 Å². The minimum absolute atomic E-state index is 0.134. The molecule has 2 unspecified atom stereocenters. The largest absolute Gasteiger partial charge is 0.489 e. The second-order valence-corrected chi connectivity index (χ2v) is 6.35. The van der Waals surface area contributed by atoms with Crippen LogP contribution in [0.25, 0.3) is 0 Å². The molecule has 4 nitrogen and oxygen atoms in total. The SMILES string of the molecule is Cc1nn(C)c(CC(N)C(C)Oc2cccc(Cl)c2)c1Br. The number of benzene rings is 1. The molecule has 2 rings (SSSR count). The number of aromatic nitrogens is 2. The highest BCUT2D eigenvalue weighted by Gasteiger charge is 2.20. The first-order chi connectivity index (χ1) is 9.88. The van der Waals surface area contributed by atoms with E-state index in [9.17, 15) is 0 Å². The van der Waals surface area contributed by atoms with Crippen molar-refractivity contribution in [1.82, 2.24) is 9.78 Å². The summed E-state index contributed by atoms with van der Waals surface area (Å²) in [5, 5.41) is 5.03. The normalized spacial score (nSPS) is 14.0. The summed E-state index contributed by atoms with van der Waals surface area (Å²) in [5.41, 5.74) is 8.29. The fourth-order valence-corrected chi connectivity index (χ4v) is 2.81. The van der Waals surface area contributed by atoms with Crippen LogP contribution in [0.5, 0.6) is 5.75 Å². The average molecular weight is 373 g/mol. The van der Waals surface area contributed by atoms with Crippen LogP contribution in [0.15, 0.2) is 28.7 Å². The number of hydrogen-bond acceptors (Lipinski definition) is 3. The van der Waals surface area contributed by atoms with Crippen LogP contribution in [0.3, 0.4) is 0 Å². The molecule has 0 aliphatic carbocycles. The second kappa shape index (κ2) is 6.81. The van der Waals surface area contributed by atoms with Crippen molar-refractivity contribution in [3.05, 3.63) is 45.1 Å². The Bertz CT molecular complexity index is 629. The van der Waals surface area contributed by atoms with Crippen molar-refractivity contribution < 1.29 is 4.74 Å². The predicted molar refractivity (Wildman–Crippen MR) is 88.9 cm³/mol. The van der Waals surface area contributed by atoms with Gasteiger partial charge < -0.3 is 10.5 Å². The van der Waals surface area contributed by atoms with E-state index < -0.39 is 0 Å². The highest BCUT2D eigenvalue weighted by atomic mass is 79.9. The average Bonchev–Trinajstić information content (AvgIpc) is 2.65. The van der Waals surface area contributed by atoms with Gasteiger partial charge in [-0.15, -0.1) is 0 Å². The van der Waals surface area contributed by atoms with Gasteiger partial charge >= 0.3 is 0 Å². The molecule has 1 aromatic carbocycles. The summed E-state index contributed by atoms with van der Waals surface area (Å²) >= 11 is 9.51. The minimum atomic E-state index is -0.143. The number of halogens is 2. The van der Waals surface area contributed by atoms with Crippen molar-refractivity contribution in [3.8, 4) is 5.75 Å². The Kier molecular flexibility index (Phi) is 5.30. The van der Waals surface area contributed by atoms with E-state index in [1.54, 1.807) is 6.07 Å². The summed E-state index contributed by atoms with van der Waals surface area (Å²) in [6.07, 6.45) is 0.546. The van der Waals surface area contributed by atoms with Crippen LogP contribution in [0.4, 0.5) is 0 Å². The molecule has 2 atom stereocenters. The molecule has 6 heteroatoms. The third-order valence-electron chi connectivity index (χ3n) is 3.41. The Labute approximate surface area is 138 Å². The summed E-state index contributed by atoms with van der Waals surface area (Å²) in [7, 11) is 1.92. The van der Waals surface area contributed by atoms with Crippen LogP contribution < -0.4 is 10.5 Å². The van der Waals surface area contributed by atoms with Crippen LogP contribution in [0.1, 0.15) is 18.3 Å². The maximum Gasteiger partial charge on any atom is 0.121 e. The smallest absolute Gasteiger partial charge is 0.121 e. The lowest BCUT2D eigenvalue weighted by Crippen LogP contribution is -2.39. The van der Waals surface area contributed by atoms with Crippen molar-refractivity contribution in [3.63, 3.8) is 0 Å². The number of nitrogens with zero attached hydrogens (tertiary/aromatic N) is 2. The number of hydrogen-bond donors (Lipinski definition) is 1. The van der Waals surface area contributed by atoms with Gasteiger partial charge in [0.25, 0.3) is 0 Å². The topological polar surface area (TPSA) is 53.1 Å². The zero-order valence-electron chi connectivity index (χ0n) is 12.3. The van der Waals surface area contributed by atoms with E-state index >= 15 is 0 Å². The molecule has 1 heterocycles. The van der Waals surface area contributed by atoms with Gasteiger partial charge in [0.05, 0.1) is 15.9 Å². The van der Waals surface area contributed by atoms with Crippen LogP contribution >= 0.6 is 27.5 Å². The lowest BCUT2D eigenvalue weighted by atomic mass is 10.1. The van der Waals surface area contributed by atoms with Crippen molar-refractivity contribution in [2.75, 3.05) is 0 Å². The number of nitrogens with two attached hydrogens (primary N) is 1. The van der Waals surface area contributed by atoms with Gasteiger partial charge in [0.1, 0.15) is 11.9 Å². The van der Waals surface area contributed by atoms with Gasteiger partial charge in [0.15, 0.2) is 0 Å². The summed E-state index contributed by atoms with van der Waals surface area (Å²) in [5.74, 6) is 0.728. The molecule has 1 aromatic heterocycles. The molecule has 2 aromatic rings. The van der Waals surface area contributed by atoms with Crippen molar-refractivity contribution in [2.45, 2.75) is 32.4 Å². The lowest BCUT2D eigenvalue weighted by molar-refractivity contribution is 0.188. The van der Waals surface area contributed by atoms with E-state index in [-0.39, 0.29) is 12.1 Å². The highest BCUT2D eigenvalue weighted by Crippen LogP contribution is 2.23. The Hall–Kier alpha value is -1.04. The number of aryl methyl sites for hydroxylation is 2. The Morgan fingerprint density at radius 1 is 1.48 bits per heavy atom. The van der Waals surface area contributed by atoms with Crippen molar-refractivity contribution in [2.24, 2.45) is 12.8 Å². The van der Waals surface area contributed by atoms with Gasteiger partial charge in [-0.05, 0) is 48.0 Å². The third kappa shape index (κ3) is 3.99. The minimum Gasteiger partial charge on any atom is -0.489 e. The Balaban J connectivity index is 2.04. The molecule has 0 bridgehead atoms. The molecule has 0 aliphatic heterocycles. The third-order valence-corrected chi connectivity index (χ3v) is 4.68. The Morgan fingerprint density at radius 2 is 2.19 bits per heavy atom. The molecule has 2 N–H and O–H groups in total. The van der Waals surface area contributed by atoms with E-state index in [1.807, 2.05) is 43.8 Å². The number of ether oxygens (including phenoxy) is 1. The first-order valence-corrected chi connectivity index (χ1v) is 7.91. The van der Waals surface area contributed by atoms with E-state index in [1.165, 1.54) is 0 Å². The first-order valence-electron chi connectivity index (χ1n) is 6.74. The van der Waals surface area contributed by atoms with Crippen molar-refractivity contribution in [1.29, 1.82) is 0 Å². The summed E-state index contributed by atoms with van der Waals surface area (Å²) < 4.78 is 8.72. The molecule has 0 fully saturated rings. The van der Waals surface area contributed by atoms with Gasteiger partial charge in [-0.1, -0.05) is 17.7 Å².